The maximum Gasteiger partial charge on any atom is 0.254 e. The van der Waals surface area contributed by atoms with Gasteiger partial charge in [0.1, 0.15) is 0 Å². The van der Waals surface area contributed by atoms with Crippen LogP contribution in [0.3, 0.4) is 0 Å². The molecule has 8 heteroatoms. The predicted molar refractivity (Wildman–Crippen MR) is 117 cm³/mol. The molecule has 0 saturated heterocycles. The summed E-state index contributed by atoms with van der Waals surface area (Å²) in [6.07, 6.45) is 0.724. The van der Waals surface area contributed by atoms with Gasteiger partial charge in [-0.3, -0.25) is 9.59 Å². The van der Waals surface area contributed by atoms with Crippen LogP contribution >= 0.6 is 22.9 Å². The first-order valence-corrected chi connectivity index (χ1v) is 10.4. The van der Waals surface area contributed by atoms with Crippen molar-refractivity contribution in [1.29, 1.82) is 0 Å². The molecular formula is C21H22ClN3O3S. The number of methoxy groups -OCH3 is 1. The average molecular weight is 432 g/mol. The molecule has 2 amide bonds. The fourth-order valence-electron chi connectivity index (χ4n) is 2.92. The summed E-state index contributed by atoms with van der Waals surface area (Å²) >= 11 is 7.47. The molecule has 0 aliphatic heterocycles. The van der Waals surface area contributed by atoms with Crippen LogP contribution in [-0.4, -0.2) is 55.6 Å². The third-order valence-electron chi connectivity index (χ3n) is 4.35. The number of fused-ring (bicyclic) bond motifs is 1. The largest absolute Gasteiger partial charge is 0.385 e. The number of thiophene rings is 1. The normalized spacial score (nSPS) is 10.9. The molecule has 0 atom stereocenters. The second-order valence-electron chi connectivity index (χ2n) is 6.53. The van der Waals surface area contributed by atoms with E-state index < -0.39 is 0 Å². The zero-order valence-corrected chi connectivity index (χ0v) is 17.8. The Morgan fingerprint density at radius 2 is 2.03 bits per heavy atom. The molecule has 0 aliphatic carbocycles. The van der Waals surface area contributed by atoms with Crippen LogP contribution in [0.25, 0.3) is 21.5 Å². The summed E-state index contributed by atoms with van der Waals surface area (Å²) in [6.45, 7) is 1.06. The molecule has 29 heavy (non-hydrogen) atoms. The SMILES string of the molecule is COCCCNC(=O)CN(C)C(=O)c1cc(-c2ccc(Cl)s2)nc2ccccc12. The fourth-order valence-corrected chi connectivity index (χ4v) is 3.93. The lowest BCUT2D eigenvalue weighted by Gasteiger charge is -2.18. The Labute approximate surface area is 178 Å². The Morgan fingerprint density at radius 1 is 1.24 bits per heavy atom. The van der Waals surface area contributed by atoms with Crippen molar-refractivity contribution in [2.24, 2.45) is 0 Å². The number of hydrogen-bond donors (Lipinski definition) is 1. The van der Waals surface area contributed by atoms with Gasteiger partial charge in [0, 0.05) is 32.7 Å². The molecule has 3 rings (SSSR count). The first-order valence-electron chi connectivity index (χ1n) is 9.16. The van der Waals surface area contributed by atoms with Gasteiger partial charge >= 0.3 is 0 Å². The topological polar surface area (TPSA) is 71.5 Å². The van der Waals surface area contributed by atoms with Crippen molar-refractivity contribution in [2.75, 3.05) is 33.9 Å². The van der Waals surface area contributed by atoms with E-state index in [1.54, 1.807) is 26.3 Å². The number of carbonyl (C=O) groups is 2. The first-order chi connectivity index (χ1) is 14.0. The number of hydrogen-bond acceptors (Lipinski definition) is 5. The average Bonchev–Trinajstić information content (AvgIpc) is 3.16. The molecule has 6 nitrogen and oxygen atoms in total. The van der Waals surface area contributed by atoms with Crippen molar-refractivity contribution in [3.05, 3.63) is 52.4 Å². The highest BCUT2D eigenvalue weighted by atomic mass is 35.5. The van der Waals surface area contributed by atoms with Crippen LogP contribution in [0, 0.1) is 0 Å². The van der Waals surface area contributed by atoms with Gasteiger partial charge in [-0.05, 0) is 30.7 Å². The third-order valence-corrected chi connectivity index (χ3v) is 5.60. The monoisotopic (exact) mass is 431 g/mol. The highest BCUT2D eigenvalue weighted by molar-refractivity contribution is 7.19. The number of amides is 2. The number of halogens is 1. The van der Waals surface area contributed by atoms with Crippen LogP contribution in [0.1, 0.15) is 16.8 Å². The summed E-state index contributed by atoms with van der Waals surface area (Å²) in [5, 5.41) is 3.54. The maximum absolute atomic E-state index is 13.1. The molecule has 0 aliphatic rings. The molecule has 2 aromatic heterocycles. The number of para-hydroxylation sites is 1. The molecule has 0 unspecified atom stereocenters. The fraction of sp³-hybridized carbons (Fsp3) is 0.286. The summed E-state index contributed by atoms with van der Waals surface area (Å²) in [5.41, 5.74) is 1.90. The summed E-state index contributed by atoms with van der Waals surface area (Å²) in [5.74, 6) is -0.444. The van der Waals surface area contributed by atoms with Crippen molar-refractivity contribution in [2.45, 2.75) is 6.42 Å². The van der Waals surface area contributed by atoms with E-state index in [0.717, 1.165) is 22.2 Å². The van der Waals surface area contributed by atoms with E-state index in [4.69, 9.17) is 16.3 Å². The standard InChI is InChI=1S/C21H22ClN3O3S/c1-25(13-20(26)23-10-5-11-28-2)21(27)15-12-17(18-8-9-19(22)29-18)24-16-7-4-3-6-14(15)16/h3-4,6-9,12H,5,10-11,13H2,1-2H3,(H,23,26). The first kappa shape index (κ1) is 21.2. The minimum Gasteiger partial charge on any atom is -0.385 e. The number of nitrogens with one attached hydrogen (secondary N) is 1. The molecule has 1 aromatic carbocycles. The Balaban J connectivity index is 1.83. The molecule has 0 radical (unpaired) electrons. The van der Waals surface area contributed by atoms with Crippen molar-refractivity contribution in [3.63, 3.8) is 0 Å². The molecular weight excluding hydrogens is 410 g/mol. The highest BCUT2D eigenvalue weighted by Gasteiger charge is 2.19. The van der Waals surface area contributed by atoms with Gasteiger partial charge in [0.25, 0.3) is 5.91 Å². The van der Waals surface area contributed by atoms with E-state index >= 15 is 0 Å². The molecule has 152 valence electrons. The second-order valence-corrected chi connectivity index (χ2v) is 8.25. The molecule has 1 N–H and O–H groups in total. The van der Waals surface area contributed by atoms with Gasteiger partial charge in [-0.25, -0.2) is 4.98 Å². The highest BCUT2D eigenvalue weighted by Crippen LogP contribution is 2.32. The maximum atomic E-state index is 13.1. The van der Waals surface area contributed by atoms with E-state index in [0.29, 0.717) is 28.7 Å². The van der Waals surface area contributed by atoms with Gasteiger partial charge in [-0.15, -0.1) is 11.3 Å². The quantitative estimate of drug-likeness (QED) is 0.550. The van der Waals surface area contributed by atoms with Gasteiger partial charge in [0.15, 0.2) is 0 Å². The Bertz CT molecular complexity index is 1020. The number of nitrogens with zero attached hydrogens (tertiary/aromatic N) is 2. The van der Waals surface area contributed by atoms with Crippen molar-refractivity contribution >= 4 is 45.7 Å². The number of likely N-dealkylation sites (N-methyl/N-ethyl adjacent to an activating group) is 1. The van der Waals surface area contributed by atoms with Gasteiger partial charge in [-0.1, -0.05) is 29.8 Å². The number of ether oxygens (including phenoxy) is 1. The van der Waals surface area contributed by atoms with E-state index in [1.807, 2.05) is 30.3 Å². The minimum atomic E-state index is -0.237. The minimum absolute atomic E-state index is 0.0252. The number of pyridine rings is 1. The zero-order chi connectivity index (χ0) is 20.8. The lowest BCUT2D eigenvalue weighted by molar-refractivity contribution is -0.121. The predicted octanol–water partition coefficient (Wildman–Crippen LogP) is 3.84. The van der Waals surface area contributed by atoms with Crippen LogP contribution in [0.2, 0.25) is 4.34 Å². The van der Waals surface area contributed by atoms with Gasteiger partial charge in [0.2, 0.25) is 5.91 Å². The van der Waals surface area contributed by atoms with E-state index in [-0.39, 0.29) is 18.4 Å². The van der Waals surface area contributed by atoms with E-state index in [9.17, 15) is 9.59 Å². The van der Waals surface area contributed by atoms with Crippen LogP contribution in [0.4, 0.5) is 0 Å². The number of rotatable bonds is 8. The van der Waals surface area contributed by atoms with Crippen molar-refractivity contribution in [1.82, 2.24) is 15.2 Å². The molecule has 3 aromatic rings. The third kappa shape index (κ3) is 5.32. The molecule has 0 fully saturated rings. The molecule has 2 heterocycles. The summed E-state index contributed by atoms with van der Waals surface area (Å²) in [4.78, 5) is 32.2. The van der Waals surface area contributed by atoms with Crippen LogP contribution in [0.5, 0.6) is 0 Å². The summed E-state index contributed by atoms with van der Waals surface area (Å²) < 4.78 is 5.62. The Kier molecular flexibility index (Phi) is 7.19. The number of benzene rings is 1. The smallest absolute Gasteiger partial charge is 0.254 e. The zero-order valence-electron chi connectivity index (χ0n) is 16.3. The lowest BCUT2D eigenvalue weighted by Crippen LogP contribution is -2.39. The van der Waals surface area contributed by atoms with Crippen molar-refractivity contribution in [3.8, 4) is 10.6 Å². The van der Waals surface area contributed by atoms with Crippen LogP contribution in [0.15, 0.2) is 42.5 Å². The molecule has 0 saturated carbocycles. The number of carbonyl (C=O) groups excluding carboxylic acids is 2. The molecule has 0 spiro atoms. The van der Waals surface area contributed by atoms with Gasteiger partial charge < -0.3 is 15.0 Å². The summed E-state index contributed by atoms with van der Waals surface area (Å²) in [6, 6.07) is 12.9. The van der Waals surface area contributed by atoms with Crippen molar-refractivity contribution < 1.29 is 14.3 Å². The second kappa shape index (κ2) is 9.82. The van der Waals surface area contributed by atoms with Gasteiger partial charge in [-0.2, -0.15) is 0 Å². The van der Waals surface area contributed by atoms with Crippen LogP contribution < -0.4 is 5.32 Å². The summed E-state index contributed by atoms with van der Waals surface area (Å²) in [7, 11) is 3.24. The van der Waals surface area contributed by atoms with Crippen LogP contribution in [-0.2, 0) is 9.53 Å². The molecule has 0 bridgehead atoms. The Morgan fingerprint density at radius 3 is 2.76 bits per heavy atom. The van der Waals surface area contributed by atoms with E-state index in [2.05, 4.69) is 10.3 Å². The lowest BCUT2D eigenvalue weighted by atomic mass is 10.1. The Hall–Kier alpha value is -2.48. The van der Waals surface area contributed by atoms with Gasteiger partial charge in [0.05, 0.1) is 32.5 Å². The van der Waals surface area contributed by atoms with E-state index in [1.165, 1.54) is 16.2 Å². The number of aromatic nitrogens is 1.